The summed E-state index contributed by atoms with van der Waals surface area (Å²) >= 11 is 5.15. The maximum Gasteiger partial charge on any atom is 0.251 e. The quantitative estimate of drug-likeness (QED) is 0.772. The van der Waals surface area contributed by atoms with Crippen molar-refractivity contribution in [3.63, 3.8) is 0 Å². The molecule has 1 aromatic heterocycles. The molecule has 0 spiro atoms. The van der Waals surface area contributed by atoms with E-state index in [4.69, 9.17) is 0 Å². The molecule has 2 aromatic rings. The molecule has 0 atom stereocenters. The van der Waals surface area contributed by atoms with Gasteiger partial charge in [-0.1, -0.05) is 6.08 Å². The van der Waals surface area contributed by atoms with E-state index >= 15 is 0 Å². The van der Waals surface area contributed by atoms with Gasteiger partial charge >= 0.3 is 0 Å². The summed E-state index contributed by atoms with van der Waals surface area (Å²) in [5, 5.41) is 6.07. The summed E-state index contributed by atoms with van der Waals surface area (Å²) in [6.07, 6.45) is 1.66. The zero-order valence-corrected chi connectivity index (χ0v) is 13.3. The Hall–Kier alpha value is -1.59. The number of carbonyl (C=O) groups is 1. The van der Waals surface area contributed by atoms with Gasteiger partial charge in [0.15, 0.2) is 0 Å². The van der Waals surface area contributed by atoms with Gasteiger partial charge in [-0.2, -0.15) is 0 Å². The Morgan fingerprint density at radius 1 is 1.25 bits per heavy atom. The van der Waals surface area contributed by atoms with Crippen LogP contribution in [0.25, 0.3) is 0 Å². The zero-order chi connectivity index (χ0) is 14.4. The Morgan fingerprint density at radius 3 is 2.60 bits per heavy atom. The lowest BCUT2D eigenvalue weighted by atomic mass is 10.2. The summed E-state index contributed by atoms with van der Waals surface area (Å²) in [6.45, 7) is 4.82. The predicted octanol–water partition coefficient (Wildman–Crippen LogP) is 4.04. The van der Waals surface area contributed by atoms with Crippen LogP contribution in [0.5, 0.6) is 0 Å². The van der Waals surface area contributed by atoms with Crippen molar-refractivity contribution in [2.24, 2.45) is 0 Å². The Labute approximate surface area is 130 Å². The van der Waals surface area contributed by atoms with Crippen molar-refractivity contribution < 1.29 is 4.79 Å². The highest BCUT2D eigenvalue weighted by atomic mass is 79.9. The van der Waals surface area contributed by atoms with Gasteiger partial charge in [0.05, 0.1) is 3.79 Å². The largest absolute Gasteiger partial charge is 0.380 e. The third-order valence-electron chi connectivity index (χ3n) is 2.65. The second-order valence-electron chi connectivity index (χ2n) is 4.14. The third kappa shape index (κ3) is 4.21. The van der Waals surface area contributed by atoms with Crippen LogP contribution in [0.15, 0.2) is 52.8 Å². The number of rotatable bonds is 6. The van der Waals surface area contributed by atoms with Crippen LogP contribution in [0.3, 0.4) is 0 Å². The molecule has 1 aromatic carbocycles. The molecular formula is C15H15BrN2OS. The molecular weight excluding hydrogens is 336 g/mol. The van der Waals surface area contributed by atoms with E-state index in [0.29, 0.717) is 12.1 Å². The topological polar surface area (TPSA) is 41.1 Å². The van der Waals surface area contributed by atoms with Crippen molar-refractivity contribution in [2.75, 3.05) is 11.9 Å². The van der Waals surface area contributed by atoms with Crippen molar-refractivity contribution in [1.82, 2.24) is 5.32 Å². The van der Waals surface area contributed by atoms with Crippen LogP contribution >= 0.6 is 27.3 Å². The molecule has 0 unspecified atom stereocenters. The van der Waals surface area contributed by atoms with Gasteiger partial charge in [0.25, 0.3) is 5.91 Å². The van der Waals surface area contributed by atoms with Gasteiger partial charge in [-0.3, -0.25) is 4.79 Å². The molecule has 0 fully saturated rings. The molecule has 20 heavy (non-hydrogen) atoms. The summed E-state index contributed by atoms with van der Waals surface area (Å²) in [5.41, 5.74) is 1.64. The molecule has 0 aliphatic carbocycles. The fourth-order valence-electron chi connectivity index (χ4n) is 1.64. The summed E-state index contributed by atoms with van der Waals surface area (Å²) in [6, 6.07) is 11.6. The van der Waals surface area contributed by atoms with Crippen molar-refractivity contribution in [2.45, 2.75) is 6.54 Å². The van der Waals surface area contributed by atoms with Crippen LogP contribution in [-0.4, -0.2) is 12.5 Å². The molecule has 104 valence electrons. The fourth-order valence-corrected chi connectivity index (χ4v) is 3.07. The van der Waals surface area contributed by atoms with Gasteiger partial charge in [-0.25, -0.2) is 0 Å². The van der Waals surface area contributed by atoms with Crippen LogP contribution in [-0.2, 0) is 6.54 Å². The number of hydrogen-bond acceptors (Lipinski definition) is 3. The van der Waals surface area contributed by atoms with Crippen LogP contribution < -0.4 is 10.6 Å². The monoisotopic (exact) mass is 350 g/mol. The summed E-state index contributed by atoms with van der Waals surface area (Å²) in [7, 11) is 0. The van der Waals surface area contributed by atoms with E-state index in [2.05, 4.69) is 39.2 Å². The molecule has 0 saturated carbocycles. The highest BCUT2D eigenvalue weighted by Gasteiger charge is 2.04. The Bertz CT molecular complexity index is 592. The number of nitrogens with one attached hydrogen (secondary N) is 2. The smallest absolute Gasteiger partial charge is 0.251 e. The average molecular weight is 351 g/mol. The lowest BCUT2D eigenvalue weighted by molar-refractivity contribution is 0.0958. The molecule has 1 heterocycles. The maximum absolute atomic E-state index is 11.7. The van der Waals surface area contributed by atoms with Crippen LogP contribution in [0, 0.1) is 0 Å². The lowest BCUT2D eigenvalue weighted by Gasteiger charge is -2.06. The van der Waals surface area contributed by atoms with Gasteiger partial charge in [0, 0.05) is 29.2 Å². The number of thiophene rings is 1. The highest BCUT2D eigenvalue weighted by Crippen LogP contribution is 2.23. The van der Waals surface area contributed by atoms with Crippen molar-refractivity contribution in [3.05, 3.63) is 63.3 Å². The summed E-state index contributed by atoms with van der Waals surface area (Å²) in [5.74, 6) is -0.0846. The number of carbonyl (C=O) groups excluding carboxylic acids is 1. The number of hydrogen-bond donors (Lipinski definition) is 2. The first-order valence-electron chi connectivity index (χ1n) is 6.16. The molecule has 2 rings (SSSR count). The van der Waals surface area contributed by atoms with Gasteiger partial charge < -0.3 is 10.6 Å². The average Bonchev–Trinajstić information content (AvgIpc) is 2.89. The number of benzene rings is 1. The van der Waals surface area contributed by atoms with Crippen LogP contribution in [0.1, 0.15) is 15.2 Å². The molecule has 0 saturated heterocycles. The standard InChI is InChI=1S/C15H15BrN2OS/c1-2-9-17-15(19)11-3-5-12(6-4-11)18-10-13-7-8-14(16)20-13/h2-8,18H,1,9-10H2,(H,17,19). The minimum Gasteiger partial charge on any atom is -0.380 e. The first-order chi connectivity index (χ1) is 9.69. The van der Waals surface area contributed by atoms with Crippen LogP contribution in [0.4, 0.5) is 5.69 Å². The van der Waals surface area contributed by atoms with Crippen molar-refractivity contribution in [3.8, 4) is 0 Å². The minimum absolute atomic E-state index is 0.0846. The zero-order valence-electron chi connectivity index (χ0n) is 10.9. The highest BCUT2D eigenvalue weighted by molar-refractivity contribution is 9.11. The lowest BCUT2D eigenvalue weighted by Crippen LogP contribution is -2.23. The van der Waals surface area contributed by atoms with E-state index in [9.17, 15) is 4.79 Å². The van der Waals surface area contributed by atoms with E-state index in [1.54, 1.807) is 17.4 Å². The SMILES string of the molecule is C=CCNC(=O)c1ccc(NCc2ccc(Br)s2)cc1. The Kier molecular flexibility index (Phi) is 5.38. The fraction of sp³-hybridized carbons (Fsp3) is 0.133. The van der Waals surface area contributed by atoms with E-state index < -0.39 is 0 Å². The van der Waals surface area contributed by atoms with Crippen molar-refractivity contribution >= 4 is 38.9 Å². The number of amides is 1. The van der Waals surface area contributed by atoms with E-state index in [-0.39, 0.29) is 5.91 Å². The third-order valence-corrected chi connectivity index (χ3v) is 4.27. The molecule has 2 N–H and O–H groups in total. The minimum atomic E-state index is -0.0846. The van der Waals surface area contributed by atoms with Gasteiger partial charge in [0.1, 0.15) is 0 Å². The molecule has 1 amide bonds. The van der Waals surface area contributed by atoms with E-state index in [1.165, 1.54) is 4.88 Å². The molecule has 0 aliphatic heterocycles. The maximum atomic E-state index is 11.7. The molecule has 3 nitrogen and oxygen atoms in total. The summed E-state index contributed by atoms with van der Waals surface area (Å²) < 4.78 is 1.13. The second-order valence-corrected chi connectivity index (χ2v) is 6.68. The molecule has 0 aliphatic rings. The van der Waals surface area contributed by atoms with E-state index in [0.717, 1.165) is 16.0 Å². The predicted molar refractivity (Wildman–Crippen MR) is 88.3 cm³/mol. The number of anilines is 1. The second kappa shape index (κ2) is 7.26. The first kappa shape index (κ1) is 14.8. The summed E-state index contributed by atoms with van der Waals surface area (Å²) in [4.78, 5) is 13.0. The van der Waals surface area contributed by atoms with E-state index in [1.807, 2.05) is 30.3 Å². The van der Waals surface area contributed by atoms with Crippen LogP contribution in [0.2, 0.25) is 0 Å². The first-order valence-corrected chi connectivity index (χ1v) is 7.77. The Balaban J connectivity index is 1.91. The van der Waals surface area contributed by atoms with Gasteiger partial charge in [-0.15, -0.1) is 17.9 Å². The molecule has 5 heteroatoms. The van der Waals surface area contributed by atoms with Crippen molar-refractivity contribution in [1.29, 1.82) is 0 Å². The normalized spacial score (nSPS) is 10.1. The molecule has 0 radical (unpaired) electrons. The van der Waals surface area contributed by atoms with Gasteiger partial charge in [-0.05, 0) is 52.3 Å². The number of halogens is 1. The van der Waals surface area contributed by atoms with Gasteiger partial charge in [0.2, 0.25) is 0 Å². The molecule has 0 bridgehead atoms. The Morgan fingerprint density at radius 2 is 2.00 bits per heavy atom.